The molecule has 20 heavy (non-hydrogen) atoms. The Morgan fingerprint density at radius 3 is 2.55 bits per heavy atom. The highest BCUT2D eigenvalue weighted by atomic mass is 79.9. The Kier molecular flexibility index (Phi) is 3.37. The number of phenols is 2. The zero-order valence-electron chi connectivity index (χ0n) is 9.99. The number of hydrogen-bond acceptors (Lipinski definition) is 6. The minimum atomic E-state index is -0.127. The molecule has 0 aliphatic rings. The largest absolute Gasteiger partial charge is 0.505 e. The van der Waals surface area contributed by atoms with Gasteiger partial charge in [-0.25, -0.2) is 4.98 Å². The highest BCUT2D eigenvalue weighted by Crippen LogP contribution is 2.37. The molecular formula is C13H8BrN3O2S. The van der Waals surface area contributed by atoms with E-state index in [0.29, 0.717) is 5.13 Å². The summed E-state index contributed by atoms with van der Waals surface area (Å²) in [6.07, 6.45) is 0. The lowest BCUT2D eigenvalue weighted by atomic mass is 10.3. The number of thiazole rings is 1. The second-order valence-corrected chi connectivity index (χ2v) is 5.88. The van der Waals surface area contributed by atoms with Crippen LogP contribution in [-0.2, 0) is 0 Å². The summed E-state index contributed by atoms with van der Waals surface area (Å²) in [5.41, 5.74) is 0.863. The average molecular weight is 350 g/mol. The number of fused-ring (bicyclic) bond motifs is 1. The van der Waals surface area contributed by atoms with Gasteiger partial charge in [-0.05, 0) is 30.3 Å². The molecule has 5 nitrogen and oxygen atoms in total. The number of benzene rings is 2. The molecule has 0 unspecified atom stereocenters. The van der Waals surface area contributed by atoms with Crippen LogP contribution in [0, 0.1) is 0 Å². The molecule has 0 bridgehead atoms. The number of phenolic OH excluding ortho intramolecular Hbond substituents is 2. The van der Waals surface area contributed by atoms with Crippen molar-refractivity contribution in [3.05, 3.63) is 40.9 Å². The Morgan fingerprint density at radius 1 is 1.05 bits per heavy atom. The fraction of sp³-hybridized carbons (Fsp3) is 0. The minimum Gasteiger partial charge on any atom is -0.505 e. The molecule has 2 aromatic carbocycles. The summed E-state index contributed by atoms with van der Waals surface area (Å²) in [6.45, 7) is 0. The van der Waals surface area contributed by atoms with E-state index in [9.17, 15) is 10.2 Å². The van der Waals surface area contributed by atoms with Crippen molar-refractivity contribution in [3.8, 4) is 11.5 Å². The summed E-state index contributed by atoms with van der Waals surface area (Å²) in [7, 11) is 0. The minimum absolute atomic E-state index is 0.0351. The van der Waals surface area contributed by atoms with Gasteiger partial charge in [0.2, 0.25) is 5.13 Å². The SMILES string of the molecule is Oc1cccc(O)c1N=Nc1nc2ccc(Br)cc2s1. The molecule has 3 rings (SSSR count). The first-order chi connectivity index (χ1) is 9.63. The predicted molar refractivity (Wildman–Crippen MR) is 81.3 cm³/mol. The normalized spacial score (nSPS) is 11.4. The Labute approximate surface area is 126 Å². The highest BCUT2D eigenvalue weighted by molar-refractivity contribution is 9.10. The fourth-order valence-electron chi connectivity index (χ4n) is 1.64. The molecule has 0 aliphatic heterocycles. The van der Waals surface area contributed by atoms with Gasteiger partial charge >= 0.3 is 0 Å². The van der Waals surface area contributed by atoms with Crippen molar-refractivity contribution >= 4 is 48.3 Å². The Hall–Kier alpha value is -1.99. The molecule has 0 spiro atoms. The molecule has 0 atom stereocenters. The molecule has 0 aliphatic carbocycles. The summed E-state index contributed by atoms with van der Waals surface area (Å²) >= 11 is 4.77. The van der Waals surface area contributed by atoms with Gasteiger partial charge in [-0.15, -0.1) is 10.2 Å². The lowest BCUT2D eigenvalue weighted by Gasteiger charge is -1.98. The standard InChI is InChI=1S/C13H8BrN3O2S/c14-7-4-5-8-11(6-7)20-13(15-8)17-16-12-9(18)2-1-3-10(12)19/h1-6,18-19H. The second-order valence-electron chi connectivity index (χ2n) is 3.95. The van der Waals surface area contributed by atoms with Crippen LogP contribution in [0.3, 0.4) is 0 Å². The third kappa shape index (κ3) is 2.50. The van der Waals surface area contributed by atoms with Crippen molar-refractivity contribution in [1.82, 2.24) is 4.98 Å². The maximum Gasteiger partial charge on any atom is 0.231 e. The third-order valence-electron chi connectivity index (χ3n) is 2.57. The van der Waals surface area contributed by atoms with Gasteiger partial charge in [0.25, 0.3) is 0 Å². The van der Waals surface area contributed by atoms with Crippen LogP contribution >= 0.6 is 27.3 Å². The smallest absolute Gasteiger partial charge is 0.231 e. The Bertz CT molecular complexity index is 796. The number of aromatic hydroxyl groups is 2. The van der Waals surface area contributed by atoms with Crippen molar-refractivity contribution in [3.63, 3.8) is 0 Å². The van der Waals surface area contributed by atoms with Crippen LogP contribution in [0.1, 0.15) is 0 Å². The van der Waals surface area contributed by atoms with Crippen molar-refractivity contribution in [1.29, 1.82) is 0 Å². The zero-order chi connectivity index (χ0) is 14.1. The molecule has 0 fully saturated rings. The Balaban J connectivity index is 1.98. The number of hydrogen-bond donors (Lipinski definition) is 2. The lowest BCUT2D eigenvalue weighted by molar-refractivity contribution is 0.452. The van der Waals surface area contributed by atoms with E-state index in [1.165, 1.54) is 29.5 Å². The van der Waals surface area contributed by atoms with Gasteiger partial charge in [0.1, 0.15) is 11.5 Å². The summed E-state index contributed by atoms with van der Waals surface area (Å²) in [5.74, 6) is -0.254. The molecule has 0 amide bonds. The van der Waals surface area contributed by atoms with E-state index in [0.717, 1.165) is 14.7 Å². The number of azo groups is 1. The highest BCUT2D eigenvalue weighted by Gasteiger charge is 2.07. The maximum atomic E-state index is 9.61. The summed E-state index contributed by atoms with van der Waals surface area (Å²) in [4.78, 5) is 4.30. The lowest BCUT2D eigenvalue weighted by Crippen LogP contribution is -1.69. The van der Waals surface area contributed by atoms with E-state index < -0.39 is 0 Å². The van der Waals surface area contributed by atoms with Crippen LogP contribution in [0.25, 0.3) is 10.2 Å². The second kappa shape index (κ2) is 5.18. The van der Waals surface area contributed by atoms with E-state index in [1.54, 1.807) is 0 Å². The van der Waals surface area contributed by atoms with Gasteiger partial charge in [-0.3, -0.25) is 0 Å². The zero-order valence-corrected chi connectivity index (χ0v) is 12.4. The molecule has 1 aromatic heterocycles. The summed E-state index contributed by atoms with van der Waals surface area (Å²) in [5, 5.41) is 27.5. The topological polar surface area (TPSA) is 78.1 Å². The van der Waals surface area contributed by atoms with Crippen LogP contribution in [0.2, 0.25) is 0 Å². The quantitative estimate of drug-likeness (QED) is 0.646. The van der Waals surface area contributed by atoms with Crippen molar-refractivity contribution in [2.45, 2.75) is 0 Å². The van der Waals surface area contributed by atoms with Crippen LogP contribution < -0.4 is 0 Å². The van der Waals surface area contributed by atoms with Gasteiger partial charge in [0.05, 0.1) is 10.2 Å². The van der Waals surface area contributed by atoms with E-state index in [1.807, 2.05) is 18.2 Å². The van der Waals surface area contributed by atoms with E-state index in [-0.39, 0.29) is 17.2 Å². The number of aromatic nitrogens is 1. The van der Waals surface area contributed by atoms with Gasteiger partial charge in [0.15, 0.2) is 5.69 Å². The molecule has 1 heterocycles. The van der Waals surface area contributed by atoms with Crippen LogP contribution in [-0.4, -0.2) is 15.2 Å². The Morgan fingerprint density at radius 2 is 1.80 bits per heavy atom. The number of rotatable bonds is 2. The first-order valence-corrected chi connectivity index (χ1v) is 7.23. The van der Waals surface area contributed by atoms with Crippen LogP contribution in [0.4, 0.5) is 10.8 Å². The van der Waals surface area contributed by atoms with Gasteiger partial charge in [-0.1, -0.05) is 33.3 Å². The molecule has 3 aromatic rings. The monoisotopic (exact) mass is 349 g/mol. The van der Waals surface area contributed by atoms with Crippen LogP contribution in [0.15, 0.2) is 51.1 Å². The van der Waals surface area contributed by atoms with E-state index in [4.69, 9.17) is 0 Å². The molecule has 0 saturated carbocycles. The van der Waals surface area contributed by atoms with Gasteiger partial charge in [0, 0.05) is 4.47 Å². The fourth-order valence-corrected chi connectivity index (χ4v) is 2.98. The summed E-state index contributed by atoms with van der Waals surface area (Å²) in [6, 6.07) is 10.1. The molecule has 100 valence electrons. The molecule has 7 heteroatoms. The first-order valence-electron chi connectivity index (χ1n) is 5.62. The molecule has 0 saturated heterocycles. The number of halogens is 1. The number of nitrogens with zero attached hydrogens (tertiary/aromatic N) is 3. The third-order valence-corrected chi connectivity index (χ3v) is 3.96. The van der Waals surface area contributed by atoms with E-state index >= 15 is 0 Å². The van der Waals surface area contributed by atoms with Gasteiger partial charge in [-0.2, -0.15) is 0 Å². The average Bonchev–Trinajstić information content (AvgIpc) is 2.80. The van der Waals surface area contributed by atoms with Crippen molar-refractivity contribution < 1.29 is 10.2 Å². The van der Waals surface area contributed by atoms with Crippen LogP contribution in [0.5, 0.6) is 11.5 Å². The molecular weight excluding hydrogens is 342 g/mol. The van der Waals surface area contributed by atoms with Gasteiger partial charge < -0.3 is 10.2 Å². The predicted octanol–water partition coefficient (Wildman–Crippen LogP) is 4.89. The van der Waals surface area contributed by atoms with E-state index in [2.05, 4.69) is 31.1 Å². The first kappa shape index (κ1) is 13.0. The molecule has 2 N–H and O–H groups in total. The summed E-state index contributed by atoms with van der Waals surface area (Å²) < 4.78 is 1.95. The van der Waals surface area contributed by atoms with Crippen molar-refractivity contribution in [2.75, 3.05) is 0 Å². The maximum absolute atomic E-state index is 9.61. The molecule has 0 radical (unpaired) electrons. The van der Waals surface area contributed by atoms with Crippen molar-refractivity contribution in [2.24, 2.45) is 10.2 Å².